The van der Waals surface area contributed by atoms with Crippen LogP contribution in [0, 0.1) is 11.8 Å². The first kappa shape index (κ1) is 35.9. The van der Waals surface area contributed by atoms with Crippen molar-refractivity contribution in [2.45, 2.75) is 182 Å². The van der Waals surface area contributed by atoms with Crippen LogP contribution >= 0.6 is 0 Å². The highest BCUT2D eigenvalue weighted by Gasteiger charge is 2.09. The van der Waals surface area contributed by atoms with Crippen LogP contribution in [-0.4, -0.2) is 26.3 Å². The van der Waals surface area contributed by atoms with E-state index in [4.69, 9.17) is 4.74 Å². The van der Waals surface area contributed by atoms with Gasteiger partial charge in [0, 0.05) is 13.2 Å². The second kappa shape index (κ2) is 31.1. The molecular weight excluding hydrogens is 438 g/mol. The van der Waals surface area contributed by atoms with Gasteiger partial charge in [0.1, 0.15) is 0 Å². The highest BCUT2D eigenvalue weighted by molar-refractivity contribution is 4.64. The molecule has 36 heavy (non-hydrogen) atoms. The van der Waals surface area contributed by atoms with Crippen LogP contribution in [0.5, 0.6) is 0 Å². The van der Waals surface area contributed by atoms with Gasteiger partial charge in [-0.15, -0.1) is 0 Å². The van der Waals surface area contributed by atoms with Crippen molar-refractivity contribution in [3.63, 3.8) is 0 Å². The number of unbranched alkanes of at least 4 members (excludes halogenated alkanes) is 13. The van der Waals surface area contributed by atoms with Gasteiger partial charge in [-0.25, -0.2) is 0 Å². The first-order valence-electron chi connectivity index (χ1n) is 17.1. The van der Waals surface area contributed by atoms with E-state index >= 15 is 0 Å². The Hall–Kier alpha value is -0.0800. The molecule has 0 aromatic heterocycles. The van der Waals surface area contributed by atoms with E-state index in [0.717, 1.165) is 25.0 Å². The highest BCUT2D eigenvalue weighted by Crippen LogP contribution is 2.24. The maximum atomic E-state index is 5.98. The standard InChI is InChI=1S/C34H71NO/c1-5-9-13-16-19-26-33(25-17-14-10-6-2)27-20-22-30-36-31-23-21-29-35-32-34(24-12-8-4)28-18-15-11-7-3/h33-35H,5-32H2,1-4H3. The molecular formula is C34H71NO. The molecule has 0 bridgehead atoms. The fraction of sp³-hybridized carbons (Fsp3) is 1.00. The van der Waals surface area contributed by atoms with E-state index in [1.165, 1.54) is 167 Å². The molecule has 0 aliphatic heterocycles. The Bertz CT molecular complexity index is 385. The Labute approximate surface area is 229 Å². The summed E-state index contributed by atoms with van der Waals surface area (Å²) in [5, 5.41) is 3.76. The van der Waals surface area contributed by atoms with Gasteiger partial charge in [0.25, 0.3) is 0 Å². The van der Waals surface area contributed by atoms with Crippen molar-refractivity contribution in [1.82, 2.24) is 5.32 Å². The quantitative estimate of drug-likeness (QED) is 0.0938. The van der Waals surface area contributed by atoms with Gasteiger partial charge in [0.15, 0.2) is 0 Å². The number of ether oxygens (including phenoxy) is 1. The summed E-state index contributed by atoms with van der Waals surface area (Å²) >= 11 is 0. The van der Waals surface area contributed by atoms with Crippen molar-refractivity contribution in [1.29, 1.82) is 0 Å². The van der Waals surface area contributed by atoms with Gasteiger partial charge in [-0.1, -0.05) is 150 Å². The van der Waals surface area contributed by atoms with Crippen molar-refractivity contribution >= 4 is 0 Å². The Morgan fingerprint density at radius 2 is 0.833 bits per heavy atom. The molecule has 0 aliphatic rings. The normalized spacial score (nSPS) is 13.3. The molecule has 0 amide bonds. The molecule has 0 heterocycles. The minimum Gasteiger partial charge on any atom is -0.381 e. The van der Waals surface area contributed by atoms with Crippen molar-refractivity contribution in [2.24, 2.45) is 11.8 Å². The maximum Gasteiger partial charge on any atom is 0.0466 e. The molecule has 0 saturated heterocycles. The SMILES string of the molecule is CCCCCCCC(CCCCCC)CCCCOCCCCNCC(CCCC)CCCCCC. The lowest BCUT2D eigenvalue weighted by molar-refractivity contribution is 0.125. The summed E-state index contributed by atoms with van der Waals surface area (Å²) in [6.45, 7) is 13.6. The van der Waals surface area contributed by atoms with E-state index in [-0.39, 0.29) is 0 Å². The highest BCUT2D eigenvalue weighted by atomic mass is 16.5. The third-order valence-corrected chi connectivity index (χ3v) is 8.09. The van der Waals surface area contributed by atoms with Gasteiger partial charge in [0.2, 0.25) is 0 Å². The van der Waals surface area contributed by atoms with Gasteiger partial charge in [-0.05, 0) is 57.0 Å². The molecule has 0 aliphatic carbocycles. The van der Waals surface area contributed by atoms with E-state index in [9.17, 15) is 0 Å². The van der Waals surface area contributed by atoms with Gasteiger partial charge >= 0.3 is 0 Å². The summed E-state index contributed by atoms with van der Waals surface area (Å²) in [7, 11) is 0. The van der Waals surface area contributed by atoms with Gasteiger partial charge in [0.05, 0.1) is 0 Å². The largest absolute Gasteiger partial charge is 0.381 e. The molecule has 0 radical (unpaired) electrons. The van der Waals surface area contributed by atoms with E-state index in [1.54, 1.807) is 0 Å². The first-order chi connectivity index (χ1) is 17.8. The minimum absolute atomic E-state index is 0.893. The van der Waals surface area contributed by atoms with Gasteiger partial charge in [-0.2, -0.15) is 0 Å². The van der Waals surface area contributed by atoms with E-state index in [0.29, 0.717) is 0 Å². The van der Waals surface area contributed by atoms with E-state index < -0.39 is 0 Å². The lowest BCUT2D eigenvalue weighted by atomic mass is 9.90. The number of nitrogens with one attached hydrogen (secondary N) is 1. The molecule has 0 aromatic rings. The van der Waals surface area contributed by atoms with Crippen molar-refractivity contribution in [3.8, 4) is 0 Å². The molecule has 0 fully saturated rings. The summed E-state index contributed by atoms with van der Waals surface area (Å²) in [5.74, 6) is 1.87. The Kier molecular flexibility index (Phi) is 31.1. The third-order valence-electron chi connectivity index (χ3n) is 8.09. The molecule has 0 saturated carbocycles. The lowest BCUT2D eigenvalue weighted by Crippen LogP contribution is -2.24. The molecule has 218 valence electrons. The minimum atomic E-state index is 0.893. The average molecular weight is 510 g/mol. The second-order valence-electron chi connectivity index (χ2n) is 11.8. The smallest absolute Gasteiger partial charge is 0.0466 e. The van der Waals surface area contributed by atoms with Crippen LogP contribution in [0.15, 0.2) is 0 Å². The predicted molar refractivity (Wildman–Crippen MR) is 164 cm³/mol. The molecule has 2 unspecified atom stereocenters. The van der Waals surface area contributed by atoms with Crippen LogP contribution in [0.1, 0.15) is 182 Å². The average Bonchev–Trinajstić information content (AvgIpc) is 2.89. The van der Waals surface area contributed by atoms with Crippen LogP contribution in [0.3, 0.4) is 0 Å². The van der Waals surface area contributed by atoms with E-state index in [2.05, 4.69) is 33.0 Å². The summed E-state index contributed by atoms with van der Waals surface area (Å²) < 4.78 is 5.98. The molecule has 0 spiro atoms. The second-order valence-corrected chi connectivity index (χ2v) is 11.8. The Balaban J connectivity index is 3.74. The van der Waals surface area contributed by atoms with Crippen molar-refractivity contribution in [2.75, 3.05) is 26.3 Å². The zero-order chi connectivity index (χ0) is 26.4. The summed E-state index contributed by atoms with van der Waals surface area (Å²) in [5.41, 5.74) is 0. The van der Waals surface area contributed by atoms with Gasteiger partial charge < -0.3 is 10.1 Å². The monoisotopic (exact) mass is 510 g/mol. The zero-order valence-corrected chi connectivity index (χ0v) is 25.9. The van der Waals surface area contributed by atoms with Crippen LogP contribution in [-0.2, 0) is 4.74 Å². The topological polar surface area (TPSA) is 21.3 Å². The molecule has 2 nitrogen and oxygen atoms in total. The summed E-state index contributed by atoms with van der Waals surface area (Å²) in [4.78, 5) is 0. The first-order valence-corrected chi connectivity index (χ1v) is 17.1. The Morgan fingerprint density at radius 1 is 0.417 bits per heavy atom. The van der Waals surface area contributed by atoms with Crippen LogP contribution in [0.25, 0.3) is 0 Å². The van der Waals surface area contributed by atoms with Crippen molar-refractivity contribution < 1.29 is 4.74 Å². The molecule has 1 N–H and O–H groups in total. The fourth-order valence-electron chi connectivity index (χ4n) is 5.53. The van der Waals surface area contributed by atoms with Crippen LogP contribution < -0.4 is 5.32 Å². The van der Waals surface area contributed by atoms with Crippen LogP contribution in [0.4, 0.5) is 0 Å². The third kappa shape index (κ3) is 27.0. The number of hydrogen-bond donors (Lipinski definition) is 1. The van der Waals surface area contributed by atoms with Crippen LogP contribution in [0.2, 0.25) is 0 Å². The molecule has 0 aromatic carbocycles. The zero-order valence-electron chi connectivity index (χ0n) is 25.9. The Morgan fingerprint density at radius 3 is 1.39 bits per heavy atom. The fourth-order valence-corrected chi connectivity index (χ4v) is 5.53. The lowest BCUT2D eigenvalue weighted by Gasteiger charge is -2.17. The van der Waals surface area contributed by atoms with Gasteiger partial charge in [-0.3, -0.25) is 0 Å². The van der Waals surface area contributed by atoms with E-state index in [1.807, 2.05) is 0 Å². The number of hydrogen-bond acceptors (Lipinski definition) is 2. The molecule has 0 rings (SSSR count). The van der Waals surface area contributed by atoms with Crippen molar-refractivity contribution in [3.05, 3.63) is 0 Å². The molecule has 2 heteroatoms. The maximum absolute atomic E-state index is 5.98. The number of rotatable bonds is 31. The summed E-state index contributed by atoms with van der Waals surface area (Å²) in [6.07, 6.45) is 33.5. The predicted octanol–water partition coefficient (Wildman–Crippen LogP) is 11.3. The summed E-state index contributed by atoms with van der Waals surface area (Å²) in [6, 6.07) is 0. The molecule has 2 atom stereocenters.